The van der Waals surface area contributed by atoms with Gasteiger partial charge < -0.3 is 10.5 Å². The first-order valence-electron chi connectivity index (χ1n) is 4.77. The van der Waals surface area contributed by atoms with Gasteiger partial charge in [0.2, 0.25) is 0 Å². The third-order valence-electron chi connectivity index (χ3n) is 2.24. The number of halogens is 1. The Kier molecular flexibility index (Phi) is 5.29. The average Bonchev–Trinajstić information content (AvgIpc) is 2.25. The molecular weight excluding hydrogens is 230 g/mol. The van der Waals surface area contributed by atoms with Crippen molar-refractivity contribution in [1.29, 1.82) is 0 Å². The Morgan fingerprint density at radius 3 is 2.80 bits per heavy atom. The summed E-state index contributed by atoms with van der Waals surface area (Å²) in [6.07, 6.45) is 3.04. The molecule has 1 aromatic carbocycles. The normalized spacial score (nSPS) is 12.5. The fraction of sp³-hybridized carbons (Fsp3) is 0.455. The molecule has 0 fully saturated rings. The molecular formula is C11H16ClNOS. The van der Waals surface area contributed by atoms with E-state index >= 15 is 0 Å². The largest absolute Gasteiger partial charge is 0.495 e. The number of thioether (sulfide) groups is 1. The molecule has 1 rings (SSSR count). The van der Waals surface area contributed by atoms with Gasteiger partial charge in [0, 0.05) is 6.04 Å². The Balaban J connectivity index is 2.73. The molecule has 0 spiro atoms. The molecule has 15 heavy (non-hydrogen) atoms. The zero-order valence-electron chi connectivity index (χ0n) is 9.00. The number of hydrogen-bond donors (Lipinski definition) is 1. The van der Waals surface area contributed by atoms with Crippen molar-refractivity contribution < 1.29 is 4.74 Å². The Morgan fingerprint density at radius 2 is 2.27 bits per heavy atom. The SMILES string of the molecule is COc1ccc(C(N)CCSC)cc1Cl. The van der Waals surface area contributed by atoms with E-state index in [1.54, 1.807) is 18.9 Å². The lowest BCUT2D eigenvalue weighted by molar-refractivity contribution is 0.414. The average molecular weight is 246 g/mol. The van der Waals surface area contributed by atoms with Crippen molar-refractivity contribution in [3.05, 3.63) is 28.8 Å². The summed E-state index contributed by atoms with van der Waals surface area (Å²) < 4.78 is 5.08. The molecule has 0 aliphatic carbocycles. The number of rotatable bonds is 5. The second-order valence-electron chi connectivity index (χ2n) is 3.28. The van der Waals surface area contributed by atoms with Gasteiger partial charge in [0.1, 0.15) is 5.75 Å². The van der Waals surface area contributed by atoms with Gasteiger partial charge >= 0.3 is 0 Å². The summed E-state index contributed by atoms with van der Waals surface area (Å²) in [5.74, 6) is 1.75. The first-order valence-corrected chi connectivity index (χ1v) is 6.54. The molecule has 0 saturated carbocycles. The zero-order valence-corrected chi connectivity index (χ0v) is 10.6. The minimum absolute atomic E-state index is 0.0563. The predicted octanol–water partition coefficient (Wildman–Crippen LogP) is 3.10. The van der Waals surface area contributed by atoms with Gasteiger partial charge in [-0.05, 0) is 36.1 Å². The third kappa shape index (κ3) is 3.59. The van der Waals surface area contributed by atoms with Gasteiger partial charge in [-0.15, -0.1) is 0 Å². The van der Waals surface area contributed by atoms with Gasteiger partial charge in [0.25, 0.3) is 0 Å². The molecule has 0 radical (unpaired) electrons. The minimum Gasteiger partial charge on any atom is -0.495 e. The maximum absolute atomic E-state index is 6.03. The van der Waals surface area contributed by atoms with Gasteiger partial charge in [-0.25, -0.2) is 0 Å². The summed E-state index contributed by atoms with van der Waals surface area (Å²) in [6.45, 7) is 0. The summed E-state index contributed by atoms with van der Waals surface area (Å²) >= 11 is 7.82. The number of benzene rings is 1. The molecule has 0 aliphatic heterocycles. The lowest BCUT2D eigenvalue weighted by Crippen LogP contribution is -2.11. The zero-order chi connectivity index (χ0) is 11.3. The van der Waals surface area contributed by atoms with Crippen LogP contribution in [0.1, 0.15) is 18.0 Å². The Bertz CT molecular complexity index is 319. The number of hydrogen-bond acceptors (Lipinski definition) is 3. The van der Waals surface area contributed by atoms with E-state index in [1.165, 1.54) is 0 Å². The summed E-state index contributed by atoms with van der Waals surface area (Å²) in [7, 11) is 1.61. The van der Waals surface area contributed by atoms with Crippen LogP contribution in [0.15, 0.2) is 18.2 Å². The lowest BCUT2D eigenvalue weighted by Gasteiger charge is -2.12. The third-order valence-corrected chi connectivity index (χ3v) is 3.18. The van der Waals surface area contributed by atoms with Gasteiger partial charge in [0.15, 0.2) is 0 Å². The summed E-state index contributed by atoms with van der Waals surface area (Å²) in [5.41, 5.74) is 7.09. The van der Waals surface area contributed by atoms with Gasteiger partial charge in [-0.2, -0.15) is 11.8 Å². The number of methoxy groups -OCH3 is 1. The Morgan fingerprint density at radius 1 is 1.53 bits per heavy atom. The van der Waals surface area contributed by atoms with Crippen LogP contribution in [0.3, 0.4) is 0 Å². The van der Waals surface area contributed by atoms with Crippen molar-refractivity contribution >= 4 is 23.4 Å². The molecule has 0 aliphatic rings. The van der Waals surface area contributed by atoms with Crippen molar-refractivity contribution in [2.24, 2.45) is 5.73 Å². The van der Waals surface area contributed by atoms with Crippen LogP contribution in [-0.4, -0.2) is 19.1 Å². The van der Waals surface area contributed by atoms with Crippen LogP contribution < -0.4 is 10.5 Å². The molecule has 2 nitrogen and oxygen atoms in total. The lowest BCUT2D eigenvalue weighted by atomic mass is 10.1. The van der Waals surface area contributed by atoms with Crippen LogP contribution in [0, 0.1) is 0 Å². The van der Waals surface area contributed by atoms with E-state index in [-0.39, 0.29) is 6.04 Å². The second kappa shape index (κ2) is 6.26. The second-order valence-corrected chi connectivity index (χ2v) is 4.67. The highest BCUT2D eigenvalue weighted by molar-refractivity contribution is 7.98. The molecule has 1 unspecified atom stereocenters. The smallest absolute Gasteiger partial charge is 0.137 e. The highest BCUT2D eigenvalue weighted by atomic mass is 35.5. The van der Waals surface area contributed by atoms with E-state index in [2.05, 4.69) is 6.26 Å². The molecule has 0 amide bonds. The van der Waals surface area contributed by atoms with Crippen molar-refractivity contribution in [2.75, 3.05) is 19.1 Å². The Hall–Kier alpha value is -0.380. The van der Waals surface area contributed by atoms with Crippen LogP contribution in [0.2, 0.25) is 5.02 Å². The molecule has 2 N–H and O–H groups in total. The van der Waals surface area contributed by atoms with Crippen LogP contribution >= 0.6 is 23.4 Å². The van der Waals surface area contributed by atoms with Crippen molar-refractivity contribution in [2.45, 2.75) is 12.5 Å². The maximum atomic E-state index is 6.03. The van der Waals surface area contributed by atoms with Crippen LogP contribution in [0.5, 0.6) is 5.75 Å². The van der Waals surface area contributed by atoms with E-state index in [1.807, 2.05) is 18.2 Å². The van der Waals surface area contributed by atoms with E-state index < -0.39 is 0 Å². The molecule has 1 atom stereocenters. The highest BCUT2D eigenvalue weighted by Gasteiger charge is 2.08. The van der Waals surface area contributed by atoms with Crippen LogP contribution in [0.4, 0.5) is 0 Å². The van der Waals surface area contributed by atoms with Crippen molar-refractivity contribution in [1.82, 2.24) is 0 Å². The summed E-state index contributed by atoms with van der Waals surface area (Å²) in [4.78, 5) is 0. The van der Waals surface area contributed by atoms with Crippen LogP contribution in [0.25, 0.3) is 0 Å². The fourth-order valence-corrected chi connectivity index (χ4v) is 2.08. The number of nitrogens with two attached hydrogens (primary N) is 1. The maximum Gasteiger partial charge on any atom is 0.137 e. The highest BCUT2D eigenvalue weighted by Crippen LogP contribution is 2.28. The molecule has 1 aromatic rings. The molecule has 0 saturated heterocycles. The molecule has 4 heteroatoms. The molecule has 0 heterocycles. The van der Waals surface area contributed by atoms with Gasteiger partial charge in [-0.3, -0.25) is 0 Å². The predicted molar refractivity (Wildman–Crippen MR) is 67.9 cm³/mol. The minimum atomic E-state index is 0.0563. The summed E-state index contributed by atoms with van der Waals surface area (Å²) in [6, 6.07) is 5.76. The fourth-order valence-electron chi connectivity index (χ4n) is 1.32. The van der Waals surface area contributed by atoms with Gasteiger partial charge in [-0.1, -0.05) is 17.7 Å². The molecule has 84 valence electrons. The Labute approximate surface area is 100 Å². The summed E-state index contributed by atoms with van der Waals surface area (Å²) in [5, 5.41) is 0.620. The molecule has 0 aromatic heterocycles. The standard InChI is InChI=1S/C11H16ClNOS/c1-14-11-4-3-8(7-9(11)12)10(13)5-6-15-2/h3-4,7,10H,5-6,13H2,1-2H3. The van der Waals surface area contributed by atoms with E-state index in [4.69, 9.17) is 22.1 Å². The van der Waals surface area contributed by atoms with E-state index in [9.17, 15) is 0 Å². The first kappa shape index (κ1) is 12.7. The van der Waals surface area contributed by atoms with Crippen LogP contribution in [-0.2, 0) is 0 Å². The number of ether oxygens (including phenoxy) is 1. The van der Waals surface area contributed by atoms with E-state index in [0.717, 1.165) is 17.7 Å². The quantitative estimate of drug-likeness (QED) is 0.866. The first-order chi connectivity index (χ1) is 7.19. The van der Waals surface area contributed by atoms with E-state index in [0.29, 0.717) is 10.8 Å². The van der Waals surface area contributed by atoms with Gasteiger partial charge in [0.05, 0.1) is 12.1 Å². The van der Waals surface area contributed by atoms with Crippen molar-refractivity contribution in [3.8, 4) is 5.75 Å². The topological polar surface area (TPSA) is 35.2 Å². The van der Waals surface area contributed by atoms with Crippen molar-refractivity contribution in [3.63, 3.8) is 0 Å². The monoisotopic (exact) mass is 245 g/mol. The molecule has 0 bridgehead atoms.